The third-order valence-electron chi connectivity index (χ3n) is 8.36. The second-order valence-corrected chi connectivity index (χ2v) is 9.62. The number of likely N-dealkylation sites (tertiary alicyclic amines) is 1. The van der Waals surface area contributed by atoms with Crippen molar-refractivity contribution < 1.29 is 20.1 Å². The van der Waals surface area contributed by atoms with E-state index in [-0.39, 0.29) is 18.1 Å². The van der Waals surface area contributed by atoms with E-state index >= 15 is 0 Å². The molecular weight excluding hydrogens is 358 g/mol. The summed E-state index contributed by atoms with van der Waals surface area (Å²) < 4.78 is 6.17. The van der Waals surface area contributed by atoms with Gasteiger partial charge in [0.05, 0.1) is 12.3 Å². The van der Waals surface area contributed by atoms with Crippen LogP contribution in [0.25, 0.3) is 0 Å². The lowest BCUT2D eigenvalue weighted by Gasteiger charge is -2.45. The molecular formula is C21H35N3O4. The quantitative estimate of drug-likeness (QED) is 0.428. The summed E-state index contributed by atoms with van der Waals surface area (Å²) in [6, 6.07) is 0.235. The molecule has 0 aromatic heterocycles. The number of aliphatic hydroxyl groups excluding tert-OH is 3. The molecule has 5 rings (SSSR count). The predicted octanol–water partition coefficient (Wildman–Crippen LogP) is -0.0268. The molecule has 3 aliphatic heterocycles. The molecule has 0 aromatic carbocycles. The number of fused-ring (bicyclic) bond motifs is 2. The van der Waals surface area contributed by atoms with Crippen molar-refractivity contribution in [3.8, 4) is 0 Å². The Balaban J connectivity index is 1.26. The highest BCUT2D eigenvalue weighted by Gasteiger charge is 2.54. The molecule has 0 radical (unpaired) electrons. The first kappa shape index (κ1) is 19.4. The predicted molar refractivity (Wildman–Crippen MR) is 104 cm³/mol. The lowest BCUT2D eigenvalue weighted by atomic mass is 9.61. The Kier molecular flexibility index (Phi) is 5.28. The van der Waals surface area contributed by atoms with Crippen LogP contribution in [0.5, 0.6) is 0 Å². The summed E-state index contributed by atoms with van der Waals surface area (Å²) in [5.74, 6) is 2.11. The van der Waals surface area contributed by atoms with Crippen LogP contribution in [0.3, 0.4) is 0 Å². The minimum absolute atomic E-state index is 0.0809. The minimum atomic E-state index is -1.05. The van der Waals surface area contributed by atoms with Gasteiger partial charge in [-0.05, 0) is 56.3 Å². The van der Waals surface area contributed by atoms with Gasteiger partial charge in [0.2, 0.25) is 0 Å². The van der Waals surface area contributed by atoms with Gasteiger partial charge in [0.15, 0.2) is 0 Å². The molecule has 5 fully saturated rings. The van der Waals surface area contributed by atoms with E-state index in [1.54, 1.807) is 0 Å². The molecule has 28 heavy (non-hydrogen) atoms. The van der Waals surface area contributed by atoms with Crippen LogP contribution in [0, 0.1) is 23.7 Å². The molecule has 5 N–H and O–H groups in total. The highest BCUT2D eigenvalue weighted by Crippen LogP contribution is 2.48. The molecule has 2 saturated carbocycles. The summed E-state index contributed by atoms with van der Waals surface area (Å²) in [5.41, 5.74) is 0. The zero-order valence-electron chi connectivity index (χ0n) is 16.5. The number of ether oxygens (including phenoxy) is 1. The van der Waals surface area contributed by atoms with Gasteiger partial charge < -0.3 is 20.1 Å². The van der Waals surface area contributed by atoms with E-state index in [0.29, 0.717) is 12.6 Å². The first-order valence-corrected chi connectivity index (χ1v) is 11.1. The molecule has 11 atom stereocenters. The molecule has 3 saturated heterocycles. The Morgan fingerprint density at radius 2 is 1.82 bits per heavy atom. The van der Waals surface area contributed by atoms with Crippen molar-refractivity contribution in [2.24, 2.45) is 23.7 Å². The van der Waals surface area contributed by atoms with Crippen LogP contribution in [-0.4, -0.2) is 76.3 Å². The van der Waals surface area contributed by atoms with Crippen molar-refractivity contribution in [1.82, 2.24) is 15.5 Å². The van der Waals surface area contributed by atoms with Crippen molar-refractivity contribution in [2.45, 2.75) is 81.4 Å². The van der Waals surface area contributed by atoms with Crippen molar-refractivity contribution in [1.29, 1.82) is 0 Å². The van der Waals surface area contributed by atoms with E-state index in [1.807, 2.05) is 6.08 Å². The number of rotatable bonds is 4. The van der Waals surface area contributed by atoms with E-state index in [4.69, 9.17) is 4.74 Å². The molecule has 3 heterocycles. The summed E-state index contributed by atoms with van der Waals surface area (Å²) in [6.45, 7) is 5.40. The molecule has 0 amide bonds. The molecule has 5 aliphatic rings. The maximum absolute atomic E-state index is 11.0. The third kappa shape index (κ3) is 3.07. The normalized spacial score (nSPS) is 52.5. The summed E-state index contributed by atoms with van der Waals surface area (Å²) >= 11 is 0. The molecule has 7 heteroatoms. The number of nitrogens with zero attached hydrogens (tertiary/aromatic N) is 1. The van der Waals surface area contributed by atoms with Crippen LogP contribution < -0.4 is 10.6 Å². The average molecular weight is 394 g/mol. The van der Waals surface area contributed by atoms with Crippen LogP contribution in [0.2, 0.25) is 0 Å². The van der Waals surface area contributed by atoms with Crippen LogP contribution >= 0.6 is 0 Å². The van der Waals surface area contributed by atoms with Gasteiger partial charge in [-0.25, -0.2) is 0 Å². The molecule has 6 unspecified atom stereocenters. The van der Waals surface area contributed by atoms with Gasteiger partial charge in [0, 0.05) is 25.2 Å². The van der Waals surface area contributed by atoms with E-state index < -0.39 is 30.6 Å². The highest BCUT2D eigenvalue weighted by atomic mass is 16.6. The lowest BCUT2D eigenvalue weighted by Crippen LogP contribution is -2.61. The largest absolute Gasteiger partial charge is 0.390 e. The van der Waals surface area contributed by atoms with Gasteiger partial charge in [-0.2, -0.15) is 0 Å². The Morgan fingerprint density at radius 1 is 1.04 bits per heavy atom. The van der Waals surface area contributed by atoms with Crippen LogP contribution in [-0.2, 0) is 4.74 Å². The van der Waals surface area contributed by atoms with Gasteiger partial charge in [-0.1, -0.05) is 6.08 Å². The van der Waals surface area contributed by atoms with Crippen LogP contribution in [0.4, 0.5) is 0 Å². The fourth-order valence-electron chi connectivity index (χ4n) is 6.55. The van der Waals surface area contributed by atoms with Gasteiger partial charge in [-0.3, -0.25) is 15.5 Å². The smallest absolute Gasteiger partial charge is 0.141 e. The van der Waals surface area contributed by atoms with E-state index in [0.717, 1.165) is 37.6 Å². The molecule has 7 nitrogen and oxygen atoms in total. The van der Waals surface area contributed by atoms with Crippen molar-refractivity contribution in [2.75, 3.05) is 13.2 Å². The van der Waals surface area contributed by atoms with Gasteiger partial charge in [0.25, 0.3) is 0 Å². The first-order chi connectivity index (χ1) is 13.6. The molecule has 0 bridgehead atoms. The van der Waals surface area contributed by atoms with Gasteiger partial charge in [-0.15, -0.1) is 6.58 Å². The minimum Gasteiger partial charge on any atom is -0.390 e. The topological polar surface area (TPSA) is 97.2 Å². The second kappa shape index (κ2) is 7.61. The maximum atomic E-state index is 11.0. The lowest BCUT2D eigenvalue weighted by molar-refractivity contribution is -0.141. The summed E-state index contributed by atoms with van der Waals surface area (Å²) in [7, 11) is 0. The van der Waals surface area contributed by atoms with Crippen molar-refractivity contribution in [3.63, 3.8) is 0 Å². The highest BCUT2D eigenvalue weighted by molar-refractivity contribution is 5.05. The monoisotopic (exact) mass is 393 g/mol. The maximum Gasteiger partial charge on any atom is 0.141 e. The fraction of sp³-hybridized carbons (Fsp3) is 0.905. The number of aliphatic hydroxyl groups is 3. The number of hydrogen-bond donors (Lipinski definition) is 5. The summed E-state index contributed by atoms with van der Waals surface area (Å²) in [4.78, 5) is 2.13. The van der Waals surface area contributed by atoms with Gasteiger partial charge in [0.1, 0.15) is 24.5 Å². The molecule has 158 valence electrons. The fourth-order valence-corrected chi connectivity index (χ4v) is 6.55. The zero-order chi connectivity index (χ0) is 19.4. The number of hydrogen-bond acceptors (Lipinski definition) is 7. The van der Waals surface area contributed by atoms with E-state index in [9.17, 15) is 15.3 Å². The van der Waals surface area contributed by atoms with Crippen LogP contribution in [0.1, 0.15) is 38.5 Å². The van der Waals surface area contributed by atoms with Crippen LogP contribution in [0.15, 0.2) is 12.7 Å². The number of nitrogens with one attached hydrogen (secondary N) is 2. The SMILES string of the molecule is C=CC1NCNC2C1CCN2[C@@H]1O[C@H]([C@H](O)C2CCC3CCC3C2)[C@@H](O)[C@H]1O. The Labute approximate surface area is 167 Å². The average Bonchev–Trinajstić information content (AvgIpc) is 3.24. The first-order valence-electron chi connectivity index (χ1n) is 11.1. The van der Waals surface area contributed by atoms with Crippen molar-refractivity contribution in [3.05, 3.63) is 12.7 Å². The molecule has 0 spiro atoms. The molecule has 0 aromatic rings. The zero-order valence-corrected chi connectivity index (χ0v) is 16.5. The Morgan fingerprint density at radius 3 is 2.54 bits per heavy atom. The van der Waals surface area contributed by atoms with E-state index in [1.165, 1.54) is 19.3 Å². The third-order valence-corrected chi connectivity index (χ3v) is 8.36. The van der Waals surface area contributed by atoms with Crippen molar-refractivity contribution >= 4 is 0 Å². The van der Waals surface area contributed by atoms with E-state index in [2.05, 4.69) is 22.1 Å². The Hall–Kier alpha value is -0.540. The molecule has 2 aliphatic carbocycles. The standard InChI is InChI=1S/C21H35N3O4/c1-2-15-14-7-8-24(20(14)23-10-22-15)21-18(27)17(26)19(28-21)16(25)13-6-4-11-3-5-12(11)9-13/h2,11-23,25-27H,1,3-10H2/t11?,12?,13?,14?,15?,16-,17+,18-,19-,20?,21-/m1/s1. The van der Waals surface area contributed by atoms with Gasteiger partial charge >= 0.3 is 0 Å². The summed E-state index contributed by atoms with van der Waals surface area (Å²) in [5, 5.41) is 39.3. The Bertz CT molecular complexity index is 592. The summed E-state index contributed by atoms with van der Waals surface area (Å²) in [6.07, 6.45) is 4.77. The second-order valence-electron chi connectivity index (χ2n) is 9.62.